The van der Waals surface area contributed by atoms with Gasteiger partial charge in [-0.3, -0.25) is 4.79 Å². The highest BCUT2D eigenvalue weighted by atomic mass is 16.7. The summed E-state index contributed by atoms with van der Waals surface area (Å²) in [6, 6.07) is 0. The monoisotopic (exact) mass is 144 g/mol. The zero-order valence-electron chi connectivity index (χ0n) is 6.13. The normalized spacial score (nSPS) is 21.5. The molecule has 1 saturated heterocycles. The lowest BCUT2D eigenvalue weighted by Gasteiger charge is -2.21. The van der Waals surface area contributed by atoms with Crippen LogP contribution in [0.2, 0.25) is 0 Å². The van der Waals surface area contributed by atoms with Crippen molar-refractivity contribution in [3.05, 3.63) is 0 Å². The first-order valence-electron chi connectivity index (χ1n) is 3.58. The van der Waals surface area contributed by atoms with Crippen LogP contribution >= 0.6 is 0 Å². The lowest BCUT2D eigenvalue weighted by Crippen LogP contribution is -2.31. The van der Waals surface area contributed by atoms with Crippen LogP contribution in [0.25, 0.3) is 0 Å². The third-order valence-corrected chi connectivity index (χ3v) is 1.38. The Hall–Kier alpha value is -0.410. The SMILES string of the molecule is CCCC1OCC(=O)CO1. The smallest absolute Gasteiger partial charge is 0.184 e. The van der Waals surface area contributed by atoms with E-state index < -0.39 is 0 Å². The zero-order chi connectivity index (χ0) is 7.40. The molecular formula is C7H12O3. The molecule has 0 amide bonds. The van der Waals surface area contributed by atoms with Gasteiger partial charge in [0.2, 0.25) is 0 Å². The summed E-state index contributed by atoms with van der Waals surface area (Å²) in [6.07, 6.45) is 1.77. The van der Waals surface area contributed by atoms with Crippen LogP contribution in [0.15, 0.2) is 0 Å². The van der Waals surface area contributed by atoms with E-state index in [0.29, 0.717) is 0 Å². The van der Waals surface area contributed by atoms with Crippen LogP contribution in [-0.2, 0) is 14.3 Å². The second kappa shape index (κ2) is 3.68. The first-order valence-corrected chi connectivity index (χ1v) is 3.58. The van der Waals surface area contributed by atoms with Crippen LogP contribution in [0.3, 0.4) is 0 Å². The topological polar surface area (TPSA) is 35.5 Å². The standard InChI is InChI=1S/C7H12O3/c1-2-3-7-9-4-6(8)5-10-7/h7H,2-5H2,1H3. The minimum Gasteiger partial charge on any atom is -0.345 e. The minimum atomic E-state index is -0.136. The molecule has 1 aliphatic heterocycles. The molecule has 1 heterocycles. The van der Waals surface area contributed by atoms with Crippen molar-refractivity contribution in [2.24, 2.45) is 0 Å². The number of hydrogen-bond donors (Lipinski definition) is 0. The van der Waals surface area contributed by atoms with E-state index in [-0.39, 0.29) is 25.3 Å². The fourth-order valence-electron chi connectivity index (χ4n) is 0.864. The van der Waals surface area contributed by atoms with Gasteiger partial charge in [0.05, 0.1) is 0 Å². The number of Topliss-reactive ketones (excluding diaryl/α,β-unsaturated/α-hetero) is 1. The molecule has 3 heteroatoms. The fraction of sp³-hybridized carbons (Fsp3) is 0.857. The maximum atomic E-state index is 10.6. The molecule has 0 atom stereocenters. The maximum absolute atomic E-state index is 10.6. The van der Waals surface area contributed by atoms with Gasteiger partial charge >= 0.3 is 0 Å². The van der Waals surface area contributed by atoms with Crippen molar-refractivity contribution in [1.29, 1.82) is 0 Å². The third-order valence-electron chi connectivity index (χ3n) is 1.38. The van der Waals surface area contributed by atoms with Crippen molar-refractivity contribution in [3.8, 4) is 0 Å². The van der Waals surface area contributed by atoms with E-state index in [2.05, 4.69) is 6.92 Å². The summed E-state index contributed by atoms with van der Waals surface area (Å²) >= 11 is 0. The first-order chi connectivity index (χ1) is 4.83. The second-order valence-electron chi connectivity index (χ2n) is 2.38. The predicted molar refractivity (Wildman–Crippen MR) is 35.6 cm³/mol. The Morgan fingerprint density at radius 1 is 1.50 bits per heavy atom. The van der Waals surface area contributed by atoms with E-state index in [1.165, 1.54) is 0 Å². The van der Waals surface area contributed by atoms with Crippen LogP contribution < -0.4 is 0 Å². The summed E-state index contributed by atoms with van der Waals surface area (Å²) in [5, 5.41) is 0. The Labute approximate surface area is 60.3 Å². The lowest BCUT2D eigenvalue weighted by molar-refractivity contribution is -0.187. The van der Waals surface area contributed by atoms with Crippen molar-refractivity contribution in [1.82, 2.24) is 0 Å². The van der Waals surface area contributed by atoms with E-state index in [1.54, 1.807) is 0 Å². The molecule has 0 spiro atoms. The number of rotatable bonds is 2. The molecular weight excluding hydrogens is 132 g/mol. The minimum absolute atomic E-state index is 0.0346. The van der Waals surface area contributed by atoms with Crippen LogP contribution in [0.4, 0.5) is 0 Å². The van der Waals surface area contributed by atoms with Gasteiger partial charge in [-0.2, -0.15) is 0 Å². The van der Waals surface area contributed by atoms with Crippen LogP contribution in [0.1, 0.15) is 19.8 Å². The van der Waals surface area contributed by atoms with Gasteiger partial charge in [-0.15, -0.1) is 0 Å². The molecule has 1 aliphatic rings. The van der Waals surface area contributed by atoms with E-state index in [9.17, 15) is 4.79 Å². The molecule has 0 radical (unpaired) electrons. The Morgan fingerprint density at radius 2 is 2.10 bits per heavy atom. The second-order valence-corrected chi connectivity index (χ2v) is 2.38. The molecule has 1 fully saturated rings. The molecule has 0 aromatic heterocycles. The molecule has 0 saturated carbocycles. The summed E-state index contributed by atoms with van der Waals surface area (Å²) in [4.78, 5) is 10.6. The van der Waals surface area contributed by atoms with Crippen molar-refractivity contribution in [3.63, 3.8) is 0 Å². The highest BCUT2D eigenvalue weighted by Crippen LogP contribution is 2.07. The summed E-state index contributed by atoms with van der Waals surface area (Å²) in [7, 11) is 0. The lowest BCUT2D eigenvalue weighted by atomic mass is 10.3. The number of hydrogen-bond acceptors (Lipinski definition) is 3. The highest BCUT2D eigenvalue weighted by Gasteiger charge is 2.17. The molecule has 1 rings (SSSR count). The molecule has 0 unspecified atom stereocenters. The Balaban J connectivity index is 2.19. The van der Waals surface area contributed by atoms with E-state index in [1.807, 2.05) is 0 Å². The first kappa shape index (κ1) is 7.69. The predicted octanol–water partition coefficient (Wildman–Crippen LogP) is 0.729. The van der Waals surface area contributed by atoms with Gasteiger partial charge in [-0.05, 0) is 6.42 Å². The summed E-state index contributed by atoms with van der Waals surface area (Å²) in [5.74, 6) is 0.0346. The van der Waals surface area contributed by atoms with E-state index in [0.717, 1.165) is 12.8 Å². The zero-order valence-corrected chi connectivity index (χ0v) is 6.13. The summed E-state index contributed by atoms with van der Waals surface area (Å²) in [5.41, 5.74) is 0. The molecule has 0 aromatic rings. The molecule has 0 bridgehead atoms. The van der Waals surface area contributed by atoms with E-state index in [4.69, 9.17) is 9.47 Å². The fourth-order valence-corrected chi connectivity index (χ4v) is 0.864. The summed E-state index contributed by atoms with van der Waals surface area (Å²) < 4.78 is 10.1. The van der Waals surface area contributed by atoms with Gasteiger partial charge in [-0.25, -0.2) is 0 Å². The Bertz CT molecular complexity index is 112. The highest BCUT2D eigenvalue weighted by molar-refractivity contribution is 5.81. The Morgan fingerprint density at radius 3 is 2.60 bits per heavy atom. The molecule has 58 valence electrons. The number of carbonyl (C=O) groups is 1. The average Bonchev–Trinajstić information content (AvgIpc) is 1.95. The van der Waals surface area contributed by atoms with Gasteiger partial charge in [-0.1, -0.05) is 13.3 Å². The van der Waals surface area contributed by atoms with Gasteiger partial charge in [0, 0.05) is 0 Å². The van der Waals surface area contributed by atoms with Crippen molar-refractivity contribution < 1.29 is 14.3 Å². The van der Waals surface area contributed by atoms with Gasteiger partial charge < -0.3 is 9.47 Å². The number of ether oxygens (including phenoxy) is 2. The van der Waals surface area contributed by atoms with Gasteiger partial charge in [0.25, 0.3) is 0 Å². The van der Waals surface area contributed by atoms with E-state index >= 15 is 0 Å². The molecule has 3 nitrogen and oxygen atoms in total. The maximum Gasteiger partial charge on any atom is 0.184 e. The summed E-state index contributed by atoms with van der Waals surface area (Å²) in [6.45, 7) is 2.51. The quantitative estimate of drug-likeness (QED) is 0.573. The third kappa shape index (κ3) is 2.08. The van der Waals surface area contributed by atoms with Crippen molar-refractivity contribution in [2.75, 3.05) is 13.2 Å². The molecule has 10 heavy (non-hydrogen) atoms. The van der Waals surface area contributed by atoms with Crippen LogP contribution in [0.5, 0.6) is 0 Å². The van der Waals surface area contributed by atoms with Crippen molar-refractivity contribution in [2.45, 2.75) is 26.1 Å². The average molecular weight is 144 g/mol. The van der Waals surface area contributed by atoms with Crippen LogP contribution in [0, 0.1) is 0 Å². The van der Waals surface area contributed by atoms with Crippen molar-refractivity contribution >= 4 is 5.78 Å². The van der Waals surface area contributed by atoms with Gasteiger partial charge in [0.1, 0.15) is 13.2 Å². The van der Waals surface area contributed by atoms with Crippen LogP contribution in [-0.4, -0.2) is 25.3 Å². The molecule has 0 aliphatic carbocycles. The molecule has 0 N–H and O–H groups in total. The molecule has 0 aromatic carbocycles. The van der Waals surface area contributed by atoms with Gasteiger partial charge in [0.15, 0.2) is 12.1 Å². The largest absolute Gasteiger partial charge is 0.345 e. The number of ketones is 1. The Kier molecular flexibility index (Phi) is 2.83. The number of carbonyl (C=O) groups excluding carboxylic acids is 1.